The third-order valence-electron chi connectivity index (χ3n) is 2.50. The van der Waals surface area contributed by atoms with Gasteiger partial charge in [-0.25, -0.2) is 0 Å². The Balaban J connectivity index is 0. The summed E-state index contributed by atoms with van der Waals surface area (Å²) < 4.78 is 0. The van der Waals surface area contributed by atoms with Crippen LogP contribution in [0.5, 0.6) is 0 Å². The van der Waals surface area contributed by atoms with Gasteiger partial charge >= 0.3 is 0 Å². The Morgan fingerprint density at radius 2 is 1.53 bits per heavy atom. The van der Waals surface area contributed by atoms with Gasteiger partial charge in [-0.15, -0.1) is 0 Å². The highest BCUT2D eigenvalue weighted by atomic mass is 16.4. The Bertz CT molecular complexity index is 174. The molecule has 0 aromatic rings. The van der Waals surface area contributed by atoms with Crippen molar-refractivity contribution < 1.29 is 14.7 Å². The fraction of sp³-hybridized carbons (Fsp3) is 0.857. The molecular formula is C14H28O3. The van der Waals surface area contributed by atoms with E-state index in [1.54, 1.807) is 0 Å². The second-order valence-corrected chi connectivity index (χ2v) is 4.54. The maximum atomic E-state index is 10.3. The van der Waals surface area contributed by atoms with Crippen LogP contribution in [0.3, 0.4) is 0 Å². The number of carboxylic acid groups (broad SMARTS) is 1. The number of hydrogen-bond acceptors (Lipinski definition) is 2. The molecule has 0 fully saturated rings. The molecule has 0 radical (unpaired) electrons. The molecule has 1 unspecified atom stereocenters. The van der Waals surface area contributed by atoms with Crippen LogP contribution in [0.25, 0.3) is 0 Å². The Morgan fingerprint density at radius 3 is 1.94 bits per heavy atom. The van der Waals surface area contributed by atoms with Gasteiger partial charge in [-0.1, -0.05) is 58.8 Å². The summed E-state index contributed by atoms with van der Waals surface area (Å²) in [6, 6.07) is 0. The number of rotatable bonds is 9. The van der Waals surface area contributed by atoms with Gasteiger partial charge in [-0.2, -0.15) is 0 Å². The van der Waals surface area contributed by atoms with Crippen LogP contribution in [-0.2, 0) is 9.59 Å². The topological polar surface area (TPSA) is 54.4 Å². The van der Waals surface area contributed by atoms with Gasteiger partial charge in [-0.3, -0.25) is 4.79 Å². The van der Waals surface area contributed by atoms with E-state index in [4.69, 9.17) is 9.90 Å². The summed E-state index contributed by atoms with van der Waals surface area (Å²) in [5.41, 5.74) is 0. The van der Waals surface area contributed by atoms with E-state index in [2.05, 4.69) is 6.92 Å². The zero-order valence-electron chi connectivity index (χ0n) is 11.6. The summed E-state index contributed by atoms with van der Waals surface area (Å²) >= 11 is 0. The lowest BCUT2D eigenvalue weighted by atomic mass is 10.0. The molecule has 0 bridgehead atoms. The minimum absolute atomic E-state index is 0.274. The largest absolute Gasteiger partial charge is 0.481 e. The molecule has 3 heteroatoms. The van der Waals surface area contributed by atoms with Crippen LogP contribution in [-0.4, -0.2) is 17.4 Å². The van der Waals surface area contributed by atoms with E-state index in [9.17, 15) is 4.79 Å². The first-order valence-electron chi connectivity index (χ1n) is 6.69. The van der Waals surface area contributed by atoms with Crippen LogP contribution in [0.2, 0.25) is 0 Å². The van der Waals surface area contributed by atoms with Gasteiger partial charge in [0.15, 0.2) is 0 Å². The molecule has 1 atom stereocenters. The minimum atomic E-state index is -0.833. The molecule has 0 aliphatic carbocycles. The fourth-order valence-corrected chi connectivity index (χ4v) is 1.49. The molecule has 0 rings (SSSR count). The van der Waals surface area contributed by atoms with E-state index in [1.807, 2.05) is 6.92 Å². The van der Waals surface area contributed by atoms with E-state index in [0.29, 0.717) is 0 Å². The number of aldehydes is 1. The van der Waals surface area contributed by atoms with Gasteiger partial charge in [0.05, 0.1) is 0 Å². The standard InChI is InChI=1S/C12H24O.C2H4O2/c1-3-4-5-6-7-8-9-10-12(2)11-13;1-2(3)4/h11-12H,3-10H2,1-2H3;1H3,(H,3,4). The number of aliphatic carboxylic acids is 1. The van der Waals surface area contributed by atoms with Gasteiger partial charge in [0.25, 0.3) is 5.97 Å². The van der Waals surface area contributed by atoms with Crippen molar-refractivity contribution in [3.63, 3.8) is 0 Å². The summed E-state index contributed by atoms with van der Waals surface area (Å²) in [4.78, 5) is 19.3. The molecule has 3 nitrogen and oxygen atoms in total. The van der Waals surface area contributed by atoms with Crippen molar-refractivity contribution in [2.75, 3.05) is 0 Å². The summed E-state index contributed by atoms with van der Waals surface area (Å²) in [7, 11) is 0. The van der Waals surface area contributed by atoms with Crippen LogP contribution < -0.4 is 0 Å². The number of carboxylic acids is 1. The van der Waals surface area contributed by atoms with Crippen molar-refractivity contribution in [2.45, 2.75) is 72.1 Å². The number of carbonyl (C=O) groups excluding carboxylic acids is 1. The lowest BCUT2D eigenvalue weighted by Gasteiger charge is -2.02. The van der Waals surface area contributed by atoms with Gasteiger partial charge in [0.1, 0.15) is 6.29 Å². The summed E-state index contributed by atoms with van der Waals surface area (Å²) in [5.74, 6) is -0.560. The van der Waals surface area contributed by atoms with E-state index in [0.717, 1.165) is 19.6 Å². The highest BCUT2D eigenvalue weighted by Crippen LogP contribution is 2.11. The summed E-state index contributed by atoms with van der Waals surface area (Å²) in [6.45, 7) is 5.33. The van der Waals surface area contributed by atoms with Crippen molar-refractivity contribution in [3.05, 3.63) is 0 Å². The Morgan fingerprint density at radius 1 is 1.12 bits per heavy atom. The smallest absolute Gasteiger partial charge is 0.300 e. The molecule has 0 aromatic heterocycles. The monoisotopic (exact) mass is 244 g/mol. The van der Waals surface area contributed by atoms with Crippen LogP contribution in [0.15, 0.2) is 0 Å². The Hall–Kier alpha value is -0.860. The van der Waals surface area contributed by atoms with Crippen molar-refractivity contribution in [2.24, 2.45) is 5.92 Å². The maximum Gasteiger partial charge on any atom is 0.300 e. The highest BCUT2D eigenvalue weighted by Gasteiger charge is 1.98. The first-order chi connectivity index (χ1) is 8.04. The second-order valence-electron chi connectivity index (χ2n) is 4.54. The second kappa shape index (κ2) is 15.1. The fourth-order valence-electron chi connectivity index (χ4n) is 1.49. The Labute approximate surface area is 106 Å². The maximum absolute atomic E-state index is 10.3. The van der Waals surface area contributed by atoms with E-state index in [-0.39, 0.29) is 5.92 Å². The average molecular weight is 244 g/mol. The van der Waals surface area contributed by atoms with E-state index < -0.39 is 5.97 Å². The first-order valence-corrected chi connectivity index (χ1v) is 6.69. The van der Waals surface area contributed by atoms with Crippen molar-refractivity contribution >= 4 is 12.3 Å². The quantitative estimate of drug-likeness (QED) is 0.491. The molecule has 17 heavy (non-hydrogen) atoms. The summed E-state index contributed by atoms with van der Waals surface area (Å²) in [5, 5.41) is 7.42. The van der Waals surface area contributed by atoms with Crippen LogP contribution >= 0.6 is 0 Å². The predicted molar refractivity (Wildman–Crippen MR) is 71.1 cm³/mol. The molecular weight excluding hydrogens is 216 g/mol. The van der Waals surface area contributed by atoms with E-state index in [1.165, 1.54) is 44.9 Å². The van der Waals surface area contributed by atoms with E-state index >= 15 is 0 Å². The molecule has 0 spiro atoms. The molecule has 0 saturated heterocycles. The van der Waals surface area contributed by atoms with Gasteiger partial charge in [0.2, 0.25) is 0 Å². The zero-order chi connectivity index (χ0) is 13.5. The van der Waals surface area contributed by atoms with Crippen molar-refractivity contribution in [1.29, 1.82) is 0 Å². The number of unbranched alkanes of at least 4 members (excludes halogenated alkanes) is 6. The van der Waals surface area contributed by atoms with Crippen LogP contribution in [0, 0.1) is 5.92 Å². The average Bonchev–Trinajstić information content (AvgIpc) is 2.26. The molecule has 0 aromatic carbocycles. The van der Waals surface area contributed by atoms with Crippen LogP contribution in [0.1, 0.15) is 72.1 Å². The molecule has 0 aliphatic heterocycles. The SMILES string of the molecule is CC(=O)O.CCCCCCCCCC(C)C=O. The van der Waals surface area contributed by atoms with Gasteiger partial charge < -0.3 is 9.90 Å². The molecule has 0 saturated carbocycles. The third-order valence-corrected chi connectivity index (χ3v) is 2.50. The Kier molecular flexibility index (Phi) is 16.5. The lowest BCUT2D eigenvalue weighted by molar-refractivity contribution is -0.134. The number of hydrogen-bond donors (Lipinski definition) is 1. The molecule has 0 amide bonds. The minimum Gasteiger partial charge on any atom is -0.481 e. The zero-order valence-corrected chi connectivity index (χ0v) is 11.6. The van der Waals surface area contributed by atoms with Gasteiger partial charge in [0, 0.05) is 12.8 Å². The molecule has 0 aliphatic rings. The van der Waals surface area contributed by atoms with Crippen LogP contribution in [0.4, 0.5) is 0 Å². The van der Waals surface area contributed by atoms with Crippen molar-refractivity contribution in [1.82, 2.24) is 0 Å². The third kappa shape index (κ3) is 25.4. The predicted octanol–water partition coefficient (Wildman–Crippen LogP) is 4.05. The highest BCUT2D eigenvalue weighted by molar-refractivity contribution is 5.62. The number of carbonyl (C=O) groups is 2. The summed E-state index contributed by atoms with van der Waals surface area (Å²) in [6.07, 6.45) is 11.5. The van der Waals surface area contributed by atoms with Gasteiger partial charge in [-0.05, 0) is 6.42 Å². The molecule has 0 heterocycles. The van der Waals surface area contributed by atoms with Crippen molar-refractivity contribution in [3.8, 4) is 0 Å². The normalized spacial score (nSPS) is 11.2. The molecule has 1 N–H and O–H groups in total. The molecule has 102 valence electrons. The first kappa shape index (κ1) is 18.5. The lowest BCUT2D eigenvalue weighted by Crippen LogP contribution is -1.94.